The zero-order valence-corrected chi connectivity index (χ0v) is 12.6. The molecular formula is C18H15NOS. The van der Waals surface area contributed by atoms with E-state index in [-0.39, 0.29) is 0 Å². The molecule has 0 aliphatic carbocycles. The van der Waals surface area contributed by atoms with Crippen LogP contribution in [0.5, 0.6) is 5.75 Å². The van der Waals surface area contributed by atoms with E-state index in [1.54, 1.807) is 7.11 Å². The van der Waals surface area contributed by atoms with Gasteiger partial charge in [-0.1, -0.05) is 24.3 Å². The molecule has 2 heterocycles. The molecule has 0 aliphatic rings. The predicted octanol–water partition coefficient (Wildman–Crippen LogP) is 4.91. The second kappa shape index (κ2) is 4.93. The molecule has 0 fully saturated rings. The van der Waals surface area contributed by atoms with Crippen molar-refractivity contribution in [2.45, 2.75) is 6.54 Å². The monoisotopic (exact) mass is 293 g/mol. The van der Waals surface area contributed by atoms with E-state index in [0.717, 1.165) is 12.3 Å². The van der Waals surface area contributed by atoms with Gasteiger partial charge in [0.1, 0.15) is 5.75 Å². The summed E-state index contributed by atoms with van der Waals surface area (Å²) in [5, 5.41) is 4.78. The summed E-state index contributed by atoms with van der Waals surface area (Å²) >= 11 is 1.81. The van der Waals surface area contributed by atoms with Gasteiger partial charge >= 0.3 is 0 Å². The molecule has 3 heteroatoms. The van der Waals surface area contributed by atoms with Crippen LogP contribution in [0.15, 0.2) is 60.1 Å². The van der Waals surface area contributed by atoms with Gasteiger partial charge in [0.05, 0.1) is 12.6 Å². The molecule has 2 nitrogen and oxygen atoms in total. The number of ether oxygens (including phenoxy) is 1. The minimum atomic E-state index is 0.890. The van der Waals surface area contributed by atoms with E-state index in [0.29, 0.717) is 0 Å². The zero-order valence-electron chi connectivity index (χ0n) is 11.7. The van der Waals surface area contributed by atoms with Crippen LogP contribution in [0.25, 0.3) is 21.0 Å². The second-order valence-electron chi connectivity index (χ2n) is 5.09. The lowest BCUT2D eigenvalue weighted by Crippen LogP contribution is -1.96. The van der Waals surface area contributed by atoms with Crippen LogP contribution < -0.4 is 4.74 Å². The van der Waals surface area contributed by atoms with E-state index in [1.165, 1.54) is 26.6 Å². The third-order valence-electron chi connectivity index (χ3n) is 3.90. The highest BCUT2D eigenvalue weighted by atomic mass is 32.1. The number of thiophene rings is 1. The van der Waals surface area contributed by atoms with Gasteiger partial charge in [-0.15, -0.1) is 11.3 Å². The Kier molecular flexibility index (Phi) is 2.93. The molecule has 104 valence electrons. The van der Waals surface area contributed by atoms with Crippen molar-refractivity contribution >= 4 is 32.3 Å². The molecular weight excluding hydrogens is 278 g/mol. The Labute approximate surface area is 127 Å². The molecule has 0 saturated heterocycles. The van der Waals surface area contributed by atoms with Crippen LogP contribution in [0.4, 0.5) is 0 Å². The number of methoxy groups -OCH3 is 1. The Morgan fingerprint density at radius 2 is 1.90 bits per heavy atom. The van der Waals surface area contributed by atoms with Crippen LogP contribution in [0.3, 0.4) is 0 Å². The van der Waals surface area contributed by atoms with Gasteiger partial charge in [-0.2, -0.15) is 0 Å². The Morgan fingerprint density at radius 1 is 1.00 bits per heavy atom. The van der Waals surface area contributed by atoms with E-state index in [9.17, 15) is 0 Å². The van der Waals surface area contributed by atoms with Gasteiger partial charge in [-0.25, -0.2) is 0 Å². The fraction of sp³-hybridized carbons (Fsp3) is 0.111. The van der Waals surface area contributed by atoms with Crippen LogP contribution in [0, 0.1) is 0 Å². The van der Waals surface area contributed by atoms with Crippen LogP contribution >= 0.6 is 11.3 Å². The van der Waals surface area contributed by atoms with Crippen molar-refractivity contribution in [2.24, 2.45) is 0 Å². The quantitative estimate of drug-likeness (QED) is 0.523. The lowest BCUT2D eigenvalue weighted by Gasteiger charge is -2.06. The maximum Gasteiger partial charge on any atom is 0.128 e. The topological polar surface area (TPSA) is 14.2 Å². The number of hydrogen-bond donors (Lipinski definition) is 0. The fourth-order valence-corrected chi connectivity index (χ4v) is 3.80. The van der Waals surface area contributed by atoms with E-state index in [1.807, 2.05) is 23.5 Å². The summed E-state index contributed by atoms with van der Waals surface area (Å²) in [5.41, 5.74) is 2.58. The molecule has 0 aliphatic heterocycles. The lowest BCUT2D eigenvalue weighted by atomic mass is 10.2. The lowest BCUT2D eigenvalue weighted by molar-refractivity contribution is 0.420. The summed E-state index contributed by atoms with van der Waals surface area (Å²) in [5.74, 6) is 0.932. The highest BCUT2D eigenvalue weighted by Gasteiger charge is 2.08. The third-order valence-corrected chi connectivity index (χ3v) is 4.91. The standard InChI is InChI=1S/C18H15NOS/c1-20-17-7-4-6-16-15(17)9-10-19(16)11-13-12-21-18-8-3-2-5-14(13)18/h2-10,12H,11H2,1H3. The molecule has 0 atom stereocenters. The Bertz CT molecular complexity index is 919. The first-order valence-corrected chi connectivity index (χ1v) is 7.82. The summed E-state index contributed by atoms with van der Waals surface area (Å²) in [6.07, 6.45) is 2.14. The van der Waals surface area contributed by atoms with Crippen LogP contribution in [-0.4, -0.2) is 11.7 Å². The van der Waals surface area contributed by atoms with Crippen LogP contribution in [-0.2, 0) is 6.54 Å². The number of rotatable bonds is 3. The van der Waals surface area contributed by atoms with Gasteiger partial charge in [0.25, 0.3) is 0 Å². The minimum absolute atomic E-state index is 0.890. The first-order chi connectivity index (χ1) is 10.4. The molecule has 4 rings (SSSR count). The van der Waals surface area contributed by atoms with E-state index in [4.69, 9.17) is 4.74 Å². The van der Waals surface area contributed by atoms with Crippen molar-refractivity contribution < 1.29 is 4.74 Å². The predicted molar refractivity (Wildman–Crippen MR) is 89.4 cm³/mol. The SMILES string of the molecule is COc1cccc2c1ccn2Cc1csc2ccccc12. The summed E-state index contributed by atoms with van der Waals surface area (Å²) in [6, 6.07) is 16.9. The largest absolute Gasteiger partial charge is 0.496 e. The summed E-state index contributed by atoms with van der Waals surface area (Å²) in [4.78, 5) is 0. The fourth-order valence-electron chi connectivity index (χ4n) is 2.85. The molecule has 0 bridgehead atoms. The molecule has 2 aromatic carbocycles. The van der Waals surface area contributed by atoms with E-state index < -0.39 is 0 Å². The average Bonchev–Trinajstić information content (AvgIpc) is 3.13. The molecule has 0 unspecified atom stereocenters. The average molecular weight is 293 g/mol. The van der Waals surface area contributed by atoms with Gasteiger partial charge < -0.3 is 9.30 Å². The van der Waals surface area contributed by atoms with Crippen molar-refractivity contribution in [3.63, 3.8) is 0 Å². The Balaban J connectivity index is 1.81. The number of nitrogens with zero attached hydrogens (tertiary/aromatic N) is 1. The smallest absolute Gasteiger partial charge is 0.128 e. The Morgan fingerprint density at radius 3 is 2.81 bits per heavy atom. The van der Waals surface area contributed by atoms with Gasteiger partial charge in [-0.05, 0) is 40.6 Å². The summed E-state index contributed by atoms with van der Waals surface area (Å²) in [7, 11) is 1.72. The number of hydrogen-bond acceptors (Lipinski definition) is 2. The van der Waals surface area contributed by atoms with Gasteiger partial charge in [-0.3, -0.25) is 0 Å². The van der Waals surface area contributed by atoms with Crippen molar-refractivity contribution in [1.82, 2.24) is 4.57 Å². The van der Waals surface area contributed by atoms with Crippen molar-refractivity contribution in [1.29, 1.82) is 0 Å². The summed E-state index contributed by atoms with van der Waals surface area (Å²) in [6.45, 7) is 0.890. The van der Waals surface area contributed by atoms with E-state index in [2.05, 4.69) is 52.5 Å². The molecule has 0 spiro atoms. The van der Waals surface area contributed by atoms with Crippen molar-refractivity contribution in [2.75, 3.05) is 7.11 Å². The number of aromatic nitrogens is 1. The normalized spacial score (nSPS) is 11.3. The highest BCUT2D eigenvalue weighted by molar-refractivity contribution is 7.17. The van der Waals surface area contributed by atoms with Gasteiger partial charge in [0.2, 0.25) is 0 Å². The first kappa shape index (κ1) is 12.5. The Hall–Kier alpha value is -2.26. The highest BCUT2D eigenvalue weighted by Crippen LogP contribution is 2.30. The summed E-state index contributed by atoms with van der Waals surface area (Å²) < 4.78 is 9.07. The van der Waals surface area contributed by atoms with Crippen molar-refractivity contribution in [3.05, 3.63) is 65.7 Å². The number of benzene rings is 2. The second-order valence-corrected chi connectivity index (χ2v) is 6.01. The third kappa shape index (κ3) is 2.01. The zero-order chi connectivity index (χ0) is 14.2. The van der Waals surface area contributed by atoms with Crippen molar-refractivity contribution in [3.8, 4) is 5.75 Å². The first-order valence-electron chi connectivity index (χ1n) is 6.94. The maximum atomic E-state index is 5.43. The molecule has 0 saturated carbocycles. The molecule has 0 radical (unpaired) electrons. The van der Waals surface area contributed by atoms with E-state index >= 15 is 0 Å². The molecule has 21 heavy (non-hydrogen) atoms. The molecule has 0 amide bonds. The molecule has 4 aromatic rings. The minimum Gasteiger partial charge on any atom is -0.496 e. The van der Waals surface area contributed by atoms with Crippen LogP contribution in [0.2, 0.25) is 0 Å². The van der Waals surface area contributed by atoms with Gasteiger partial charge in [0, 0.05) is 22.8 Å². The number of fused-ring (bicyclic) bond motifs is 2. The molecule has 0 N–H and O–H groups in total. The van der Waals surface area contributed by atoms with Crippen LogP contribution in [0.1, 0.15) is 5.56 Å². The van der Waals surface area contributed by atoms with Gasteiger partial charge in [0.15, 0.2) is 0 Å². The molecule has 2 aromatic heterocycles. The maximum absolute atomic E-state index is 5.43.